The molecular formula is C41H59N13O4. The van der Waals surface area contributed by atoms with E-state index in [1.54, 1.807) is 48.5 Å². The van der Waals surface area contributed by atoms with E-state index < -0.39 is 11.7 Å². The van der Waals surface area contributed by atoms with E-state index in [-0.39, 0.29) is 34.8 Å². The van der Waals surface area contributed by atoms with Crippen LogP contribution in [0.3, 0.4) is 0 Å². The molecule has 312 valence electrons. The first-order chi connectivity index (χ1) is 28.1. The number of nitrogens with one attached hydrogen (secondary N) is 5. The van der Waals surface area contributed by atoms with Gasteiger partial charge in [-0.05, 0) is 74.6 Å². The number of nitrogens with zero attached hydrogens (tertiary/aromatic N) is 7. The predicted molar refractivity (Wildman–Crippen MR) is 229 cm³/mol. The van der Waals surface area contributed by atoms with Crippen LogP contribution in [-0.4, -0.2) is 142 Å². The molecular weight excluding hydrogens is 739 g/mol. The Balaban J connectivity index is 1.10. The van der Waals surface area contributed by atoms with Crippen molar-refractivity contribution in [3.63, 3.8) is 0 Å². The quantitative estimate of drug-likeness (QED) is 0.0754. The number of aromatic amines is 1. The fraction of sp³-hybridized carbons (Fsp3) is 0.488. The number of anilines is 4. The maximum atomic E-state index is 13.3. The van der Waals surface area contributed by atoms with Gasteiger partial charge in [-0.2, -0.15) is 4.98 Å². The molecule has 2 amide bonds. The summed E-state index contributed by atoms with van der Waals surface area (Å²) in [6.07, 6.45) is 1.73. The number of ether oxygens (including phenoxy) is 1. The lowest BCUT2D eigenvalue weighted by Crippen LogP contribution is -2.47. The van der Waals surface area contributed by atoms with Crippen LogP contribution in [0, 0.1) is 5.41 Å². The SMILES string of the molecule is CCCC(OC(=N)c1ccc(NCc2cnc3nc(N)[nH]c(=O)c3n2)cc1)C(=O)Nc1ccc(NC(=O)CN2CCN(CC)CCN(CC)CCN(CC)CC2)cc1. The summed E-state index contributed by atoms with van der Waals surface area (Å²) in [6.45, 7) is 19.8. The molecule has 7 N–H and O–H groups in total. The number of hydrogen-bond acceptors (Lipinski definition) is 14. The van der Waals surface area contributed by atoms with Crippen molar-refractivity contribution in [2.45, 2.75) is 53.2 Å². The minimum atomic E-state index is -0.882. The van der Waals surface area contributed by atoms with Gasteiger partial charge in [0, 0.05) is 75.0 Å². The Labute approximate surface area is 340 Å². The van der Waals surface area contributed by atoms with Gasteiger partial charge in [-0.15, -0.1) is 0 Å². The van der Waals surface area contributed by atoms with Gasteiger partial charge in [0.1, 0.15) is 0 Å². The van der Waals surface area contributed by atoms with Crippen LogP contribution in [0.25, 0.3) is 11.2 Å². The van der Waals surface area contributed by atoms with Crippen LogP contribution in [0.5, 0.6) is 0 Å². The topological polar surface area (TPSA) is 214 Å². The number of H-pyrrole nitrogens is 1. The summed E-state index contributed by atoms with van der Waals surface area (Å²) in [5.41, 5.74) is 8.37. The number of benzene rings is 2. The number of aromatic nitrogens is 4. The molecule has 0 bridgehead atoms. The lowest BCUT2D eigenvalue weighted by atomic mass is 10.1. The Kier molecular flexibility index (Phi) is 16.5. The fourth-order valence-corrected chi connectivity index (χ4v) is 6.65. The highest BCUT2D eigenvalue weighted by Crippen LogP contribution is 2.18. The molecule has 2 aromatic heterocycles. The van der Waals surface area contributed by atoms with Crippen molar-refractivity contribution < 1.29 is 14.3 Å². The zero-order chi connectivity index (χ0) is 41.4. The molecule has 1 aliphatic heterocycles. The molecule has 4 aromatic rings. The largest absolute Gasteiger partial charge is 0.464 e. The summed E-state index contributed by atoms with van der Waals surface area (Å²) in [6, 6.07) is 14.0. The Morgan fingerprint density at radius 3 is 1.88 bits per heavy atom. The molecule has 0 spiro atoms. The molecule has 3 heterocycles. The molecule has 17 heteroatoms. The van der Waals surface area contributed by atoms with E-state index >= 15 is 0 Å². The second-order valence-electron chi connectivity index (χ2n) is 14.3. The monoisotopic (exact) mass is 797 g/mol. The number of amides is 2. The van der Waals surface area contributed by atoms with Gasteiger partial charge < -0.3 is 41.1 Å². The second kappa shape index (κ2) is 21.9. The van der Waals surface area contributed by atoms with E-state index in [1.165, 1.54) is 6.20 Å². The van der Waals surface area contributed by atoms with Gasteiger partial charge in [0.2, 0.25) is 17.8 Å². The molecule has 0 radical (unpaired) electrons. The average molecular weight is 798 g/mol. The van der Waals surface area contributed by atoms with Crippen LogP contribution in [0.1, 0.15) is 51.8 Å². The molecule has 17 nitrogen and oxygen atoms in total. The average Bonchev–Trinajstić information content (AvgIpc) is 3.22. The second-order valence-corrected chi connectivity index (χ2v) is 14.3. The summed E-state index contributed by atoms with van der Waals surface area (Å²) >= 11 is 0. The number of fused-ring (bicyclic) bond motifs is 1. The van der Waals surface area contributed by atoms with Crippen LogP contribution in [0.15, 0.2) is 59.5 Å². The molecule has 1 atom stereocenters. The Hall–Kier alpha value is -5.49. The summed E-state index contributed by atoms with van der Waals surface area (Å²) in [4.78, 5) is 63.4. The summed E-state index contributed by atoms with van der Waals surface area (Å²) in [5, 5.41) is 17.7. The van der Waals surface area contributed by atoms with Crippen molar-refractivity contribution in [3.8, 4) is 0 Å². The normalized spacial score (nSPS) is 15.9. The summed E-state index contributed by atoms with van der Waals surface area (Å²) in [7, 11) is 0. The standard InChI is InChI=1S/C41H59N13O4/c1-5-9-34(58-37(42)29-10-12-30(13-11-29)44-26-33-27-45-38-36(47-33)40(57)50-41(43)49-38)39(56)48-32-16-14-31(15-17-32)46-35(55)28-54-24-22-52(7-3)20-18-51(6-2)19-21-53(8-4)23-25-54/h10-17,27,34,42,44H,5-9,18-26,28H2,1-4H3,(H,46,55)(H,48,56)(H3,43,45,49,50,57). The van der Waals surface area contributed by atoms with E-state index in [4.69, 9.17) is 15.9 Å². The lowest BCUT2D eigenvalue weighted by molar-refractivity contribution is -0.123. The van der Waals surface area contributed by atoms with Crippen LogP contribution < -0.4 is 27.2 Å². The molecule has 1 fully saturated rings. The minimum absolute atomic E-state index is 0.0242. The zero-order valence-electron chi connectivity index (χ0n) is 34.2. The molecule has 5 rings (SSSR count). The van der Waals surface area contributed by atoms with Crippen molar-refractivity contribution in [2.24, 2.45) is 0 Å². The number of carbonyl (C=O) groups excluding carboxylic acids is 2. The Bertz CT molecular complexity index is 1990. The number of rotatable bonds is 15. The first-order valence-corrected chi connectivity index (χ1v) is 20.3. The zero-order valence-corrected chi connectivity index (χ0v) is 34.2. The third kappa shape index (κ3) is 13.0. The van der Waals surface area contributed by atoms with Crippen LogP contribution >= 0.6 is 0 Å². The molecule has 58 heavy (non-hydrogen) atoms. The van der Waals surface area contributed by atoms with Gasteiger partial charge in [-0.25, -0.2) is 9.97 Å². The Morgan fingerprint density at radius 2 is 1.33 bits per heavy atom. The number of nitrogen functional groups attached to an aromatic ring is 1. The summed E-state index contributed by atoms with van der Waals surface area (Å²) in [5.74, 6) is -0.597. The van der Waals surface area contributed by atoms with E-state index in [1.807, 2.05) is 6.92 Å². The van der Waals surface area contributed by atoms with E-state index in [2.05, 4.69) is 76.3 Å². The maximum absolute atomic E-state index is 13.3. The highest BCUT2D eigenvalue weighted by molar-refractivity contribution is 5.99. The van der Waals surface area contributed by atoms with Crippen molar-refractivity contribution in [2.75, 3.05) is 100 Å². The van der Waals surface area contributed by atoms with Crippen LogP contribution in [0.4, 0.5) is 23.0 Å². The molecule has 1 aliphatic rings. The van der Waals surface area contributed by atoms with E-state index in [0.29, 0.717) is 48.6 Å². The molecule has 0 aliphatic carbocycles. The van der Waals surface area contributed by atoms with Crippen molar-refractivity contribution in [3.05, 3.63) is 76.3 Å². The fourth-order valence-electron chi connectivity index (χ4n) is 6.65. The van der Waals surface area contributed by atoms with Gasteiger partial charge >= 0.3 is 0 Å². The highest BCUT2D eigenvalue weighted by atomic mass is 16.5. The number of nitrogens with two attached hydrogens (primary N) is 1. The van der Waals surface area contributed by atoms with Crippen LogP contribution in [0.2, 0.25) is 0 Å². The third-order valence-electron chi connectivity index (χ3n) is 10.3. The van der Waals surface area contributed by atoms with Gasteiger partial charge in [-0.3, -0.25) is 29.7 Å². The van der Waals surface area contributed by atoms with E-state index in [9.17, 15) is 14.4 Å². The number of likely N-dealkylation sites (N-methyl/N-ethyl adjacent to an activating group) is 3. The molecule has 1 saturated heterocycles. The van der Waals surface area contributed by atoms with Gasteiger partial charge in [0.15, 0.2) is 17.3 Å². The van der Waals surface area contributed by atoms with Crippen LogP contribution in [-0.2, 0) is 20.9 Å². The molecule has 2 aromatic carbocycles. The minimum Gasteiger partial charge on any atom is -0.464 e. The lowest BCUT2D eigenvalue weighted by Gasteiger charge is -2.33. The third-order valence-corrected chi connectivity index (χ3v) is 10.3. The van der Waals surface area contributed by atoms with Gasteiger partial charge in [0.05, 0.1) is 25.0 Å². The number of carbonyl (C=O) groups is 2. The molecule has 0 saturated carbocycles. The van der Waals surface area contributed by atoms with Crippen molar-refractivity contribution >= 4 is 51.9 Å². The van der Waals surface area contributed by atoms with Crippen molar-refractivity contribution in [1.82, 2.24) is 39.5 Å². The summed E-state index contributed by atoms with van der Waals surface area (Å²) < 4.78 is 5.89. The predicted octanol–water partition coefficient (Wildman–Crippen LogP) is 3.28. The first kappa shape index (κ1) is 43.6. The van der Waals surface area contributed by atoms with Gasteiger partial charge in [-0.1, -0.05) is 34.1 Å². The first-order valence-electron chi connectivity index (χ1n) is 20.3. The van der Waals surface area contributed by atoms with E-state index in [0.717, 1.165) is 77.7 Å². The highest BCUT2D eigenvalue weighted by Gasteiger charge is 2.22. The van der Waals surface area contributed by atoms with Gasteiger partial charge in [0.25, 0.3) is 11.5 Å². The number of hydrogen-bond donors (Lipinski definition) is 6. The Morgan fingerprint density at radius 1 is 0.793 bits per heavy atom. The molecule has 1 unspecified atom stereocenters. The smallest absolute Gasteiger partial charge is 0.280 e. The maximum Gasteiger partial charge on any atom is 0.280 e. The van der Waals surface area contributed by atoms with Crippen molar-refractivity contribution in [1.29, 1.82) is 5.41 Å².